The van der Waals surface area contributed by atoms with Crippen LogP contribution < -0.4 is 5.32 Å². The Morgan fingerprint density at radius 3 is 2.85 bits per heavy atom. The van der Waals surface area contributed by atoms with Gasteiger partial charge in [0.1, 0.15) is 6.04 Å². The molecule has 0 spiro atoms. The van der Waals surface area contributed by atoms with E-state index in [1.54, 1.807) is 6.92 Å². The lowest BCUT2D eigenvalue weighted by molar-refractivity contribution is -0.122. The molecule has 2 aliphatic rings. The van der Waals surface area contributed by atoms with E-state index in [2.05, 4.69) is 5.32 Å². The lowest BCUT2D eigenvalue weighted by atomic mass is 10.2. The molecule has 0 aromatic rings. The Labute approximate surface area is 78.1 Å². The number of carbonyl (C=O) groups is 1. The lowest BCUT2D eigenvalue weighted by Gasteiger charge is -2.04. The number of rotatable bonds is 3. The molecule has 0 aliphatic heterocycles. The van der Waals surface area contributed by atoms with Gasteiger partial charge in [0, 0.05) is 5.92 Å². The van der Waals surface area contributed by atoms with Gasteiger partial charge in [-0.1, -0.05) is 0 Å². The van der Waals surface area contributed by atoms with Gasteiger partial charge in [-0.05, 0) is 38.0 Å². The van der Waals surface area contributed by atoms with Crippen LogP contribution in [0.2, 0.25) is 0 Å². The third kappa shape index (κ3) is 1.82. The summed E-state index contributed by atoms with van der Waals surface area (Å²) in [5.41, 5.74) is 0. The van der Waals surface area contributed by atoms with Gasteiger partial charge in [0.05, 0.1) is 6.07 Å². The van der Waals surface area contributed by atoms with Gasteiger partial charge in [0.2, 0.25) is 5.91 Å². The molecule has 0 bridgehead atoms. The molecule has 2 rings (SSSR count). The topological polar surface area (TPSA) is 52.9 Å². The number of nitrogens with zero attached hydrogens (tertiary/aromatic N) is 1. The third-order valence-corrected chi connectivity index (χ3v) is 2.96. The van der Waals surface area contributed by atoms with Crippen molar-refractivity contribution in [3.05, 3.63) is 0 Å². The molecule has 2 fully saturated rings. The summed E-state index contributed by atoms with van der Waals surface area (Å²) in [6.07, 6.45) is 3.67. The molecule has 1 amide bonds. The predicted molar refractivity (Wildman–Crippen MR) is 47.5 cm³/mol. The molecule has 13 heavy (non-hydrogen) atoms. The molecular formula is C10H14N2O. The highest BCUT2D eigenvalue weighted by atomic mass is 16.2. The Kier molecular flexibility index (Phi) is 1.99. The van der Waals surface area contributed by atoms with Gasteiger partial charge in [-0.25, -0.2) is 0 Å². The fraction of sp³-hybridized carbons (Fsp3) is 0.800. The third-order valence-electron chi connectivity index (χ3n) is 2.96. The average Bonchev–Trinajstić information content (AvgIpc) is 2.93. The van der Waals surface area contributed by atoms with E-state index in [0.29, 0.717) is 5.92 Å². The van der Waals surface area contributed by atoms with Gasteiger partial charge in [-0.15, -0.1) is 0 Å². The van der Waals surface area contributed by atoms with Crippen LogP contribution in [-0.2, 0) is 4.79 Å². The first kappa shape index (κ1) is 8.55. The summed E-state index contributed by atoms with van der Waals surface area (Å²) in [6, 6.07) is 1.67. The number of nitrogens with one attached hydrogen (secondary N) is 1. The molecule has 0 radical (unpaired) electrons. The quantitative estimate of drug-likeness (QED) is 0.702. The molecule has 3 unspecified atom stereocenters. The maximum absolute atomic E-state index is 11.5. The van der Waals surface area contributed by atoms with E-state index in [4.69, 9.17) is 5.26 Å². The van der Waals surface area contributed by atoms with Crippen molar-refractivity contribution >= 4 is 5.91 Å². The number of carbonyl (C=O) groups excluding carboxylic acids is 1. The Hall–Kier alpha value is -1.04. The molecular weight excluding hydrogens is 164 g/mol. The minimum atomic E-state index is -0.340. The second kappa shape index (κ2) is 3.02. The predicted octanol–water partition coefficient (Wildman–Crippen LogP) is 1.06. The zero-order valence-corrected chi connectivity index (χ0v) is 7.79. The van der Waals surface area contributed by atoms with E-state index in [1.165, 1.54) is 12.8 Å². The van der Waals surface area contributed by atoms with E-state index in [0.717, 1.165) is 12.3 Å². The molecule has 0 saturated heterocycles. The molecule has 1 N–H and O–H groups in total. The Morgan fingerprint density at radius 2 is 2.31 bits per heavy atom. The van der Waals surface area contributed by atoms with E-state index in [9.17, 15) is 4.79 Å². The van der Waals surface area contributed by atoms with Crippen molar-refractivity contribution in [3.63, 3.8) is 0 Å². The monoisotopic (exact) mass is 178 g/mol. The molecule has 2 saturated carbocycles. The van der Waals surface area contributed by atoms with Crippen LogP contribution in [0.4, 0.5) is 0 Å². The smallest absolute Gasteiger partial charge is 0.224 e. The summed E-state index contributed by atoms with van der Waals surface area (Å²) >= 11 is 0. The van der Waals surface area contributed by atoms with Crippen LogP contribution in [0.3, 0.4) is 0 Å². The van der Waals surface area contributed by atoms with Crippen molar-refractivity contribution in [2.75, 3.05) is 0 Å². The maximum Gasteiger partial charge on any atom is 0.224 e. The van der Waals surface area contributed by atoms with Crippen molar-refractivity contribution in [2.45, 2.75) is 32.2 Å². The van der Waals surface area contributed by atoms with Crippen LogP contribution in [0.25, 0.3) is 0 Å². The second-order valence-corrected chi connectivity index (χ2v) is 4.20. The van der Waals surface area contributed by atoms with Crippen molar-refractivity contribution in [2.24, 2.45) is 17.8 Å². The summed E-state index contributed by atoms with van der Waals surface area (Å²) in [5.74, 6) is 1.79. The maximum atomic E-state index is 11.5. The fourth-order valence-corrected chi connectivity index (χ4v) is 1.91. The molecule has 3 atom stereocenters. The molecule has 2 aliphatic carbocycles. The van der Waals surface area contributed by atoms with Gasteiger partial charge < -0.3 is 5.32 Å². The largest absolute Gasteiger partial charge is 0.340 e. The van der Waals surface area contributed by atoms with Crippen molar-refractivity contribution in [1.82, 2.24) is 5.32 Å². The van der Waals surface area contributed by atoms with Gasteiger partial charge in [0.25, 0.3) is 0 Å². The van der Waals surface area contributed by atoms with Crippen LogP contribution in [0, 0.1) is 29.1 Å². The van der Waals surface area contributed by atoms with Crippen LogP contribution in [-0.4, -0.2) is 11.9 Å². The van der Waals surface area contributed by atoms with Gasteiger partial charge in [-0.2, -0.15) is 5.26 Å². The van der Waals surface area contributed by atoms with Gasteiger partial charge >= 0.3 is 0 Å². The van der Waals surface area contributed by atoms with Crippen LogP contribution in [0.15, 0.2) is 0 Å². The SMILES string of the molecule is CC(C#N)NC(=O)C1CC1C1CC1. The Bertz CT molecular complexity index is 265. The zero-order valence-electron chi connectivity index (χ0n) is 7.79. The first-order valence-electron chi connectivity index (χ1n) is 4.92. The van der Waals surface area contributed by atoms with Crippen molar-refractivity contribution < 1.29 is 4.79 Å². The average molecular weight is 178 g/mol. The highest BCUT2D eigenvalue weighted by Crippen LogP contribution is 2.54. The van der Waals surface area contributed by atoms with Crippen LogP contribution in [0.1, 0.15) is 26.2 Å². The lowest BCUT2D eigenvalue weighted by Crippen LogP contribution is -2.33. The zero-order chi connectivity index (χ0) is 9.42. The summed E-state index contributed by atoms with van der Waals surface area (Å²) in [5, 5.41) is 11.2. The number of nitriles is 1. The van der Waals surface area contributed by atoms with Crippen LogP contribution in [0.5, 0.6) is 0 Å². The normalized spacial score (nSPS) is 33.2. The van der Waals surface area contributed by atoms with Crippen molar-refractivity contribution in [1.29, 1.82) is 5.26 Å². The van der Waals surface area contributed by atoms with E-state index >= 15 is 0 Å². The minimum absolute atomic E-state index is 0.0888. The summed E-state index contributed by atoms with van der Waals surface area (Å²) < 4.78 is 0. The number of hydrogen-bond donors (Lipinski definition) is 1. The number of amides is 1. The standard InChI is InChI=1S/C10H14N2O/c1-6(5-11)12-10(13)9-4-8(9)7-2-3-7/h6-9H,2-4H2,1H3,(H,12,13). The van der Waals surface area contributed by atoms with Gasteiger partial charge in [-0.3, -0.25) is 4.79 Å². The molecule has 3 nitrogen and oxygen atoms in total. The van der Waals surface area contributed by atoms with E-state index in [-0.39, 0.29) is 17.9 Å². The summed E-state index contributed by atoms with van der Waals surface area (Å²) in [4.78, 5) is 11.5. The first-order chi connectivity index (χ1) is 6.22. The first-order valence-corrected chi connectivity index (χ1v) is 4.92. The summed E-state index contributed by atoms with van der Waals surface area (Å²) in [6.45, 7) is 1.71. The number of hydrogen-bond acceptors (Lipinski definition) is 2. The molecule has 3 heteroatoms. The minimum Gasteiger partial charge on any atom is -0.340 e. The fourth-order valence-electron chi connectivity index (χ4n) is 1.91. The summed E-state index contributed by atoms with van der Waals surface area (Å²) in [7, 11) is 0. The molecule has 0 heterocycles. The van der Waals surface area contributed by atoms with E-state index < -0.39 is 0 Å². The van der Waals surface area contributed by atoms with Gasteiger partial charge in [0.15, 0.2) is 0 Å². The van der Waals surface area contributed by atoms with E-state index in [1.807, 2.05) is 6.07 Å². The Morgan fingerprint density at radius 1 is 1.62 bits per heavy atom. The van der Waals surface area contributed by atoms with Crippen molar-refractivity contribution in [3.8, 4) is 6.07 Å². The molecule has 0 aromatic heterocycles. The highest BCUT2D eigenvalue weighted by molar-refractivity contribution is 5.82. The molecule has 0 aromatic carbocycles. The highest BCUT2D eigenvalue weighted by Gasteiger charge is 2.51. The Balaban J connectivity index is 1.76. The second-order valence-electron chi connectivity index (χ2n) is 4.20. The molecule has 70 valence electrons. The van der Waals surface area contributed by atoms with Crippen LogP contribution >= 0.6 is 0 Å².